The Morgan fingerprint density at radius 1 is 0.618 bits per heavy atom. The molecular formula is C25H30O9. The molecule has 0 N–H and O–H groups in total. The van der Waals surface area contributed by atoms with Crippen LogP contribution < -0.4 is 4.74 Å². The summed E-state index contributed by atoms with van der Waals surface area (Å²) in [6, 6.07) is 15.1. The Balaban J connectivity index is 1.31. The van der Waals surface area contributed by atoms with Crippen molar-refractivity contribution in [1.29, 1.82) is 0 Å². The van der Waals surface area contributed by atoms with Gasteiger partial charge in [0.2, 0.25) is 0 Å². The summed E-state index contributed by atoms with van der Waals surface area (Å²) in [4.78, 5) is 34.1. The zero-order valence-electron chi connectivity index (χ0n) is 19.0. The molecule has 0 radical (unpaired) electrons. The van der Waals surface area contributed by atoms with E-state index in [9.17, 15) is 14.4 Å². The number of benzene rings is 2. The van der Waals surface area contributed by atoms with Crippen LogP contribution in [0.4, 0.5) is 0 Å². The summed E-state index contributed by atoms with van der Waals surface area (Å²) in [5.74, 6) is -0.888. The quantitative estimate of drug-likeness (QED) is 0.0997. The molecule has 0 saturated carbocycles. The third-order valence-corrected chi connectivity index (χ3v) is 4.31. The average molecular weight is 475 g/mol. The molecule has 0 aliphatic carbocycles. The number of ketones is 1. The minimum Gasteiger partial charge on any atom is -0.491 e. The highest BCUT2D eigenvalue weighted by atomic mass is 16.6. The number of hydrogen-bond acceptors (Lipinski definition) is 9. The third kappa shape index (κ3) is 11.7. The molecule has 0 saturated heterocycles. The van der Waals surface area contributed by atoms with Crippen LogP contribution in [0.2, 0.25) is 0 Å². The second-order valence-corrected chi connectivity index (χ2v) is 6.82. The van der Waals surface area contributed by atoms with Crippen molar-refractivity contribution in [2.24, 2.45) is 0 Å². The molecule has 0 heterocycles. The summed E-state index contributed by atoms with van der Waals surface area (Å²) < 4.78 is 31.9. The first-order valence-electron chi connectivity index (χ1n) is 11.0. The summed E-state index contributed by atoms with van der Waals surface area (Å²) in [5.41, 5.74) is 0.900. The molecule has 0 aromatic heterocycles. The van der Waals surface area contributed by atoms with Crippen molar-refractivity contribution in [3.63, 3.8) is 0 Å². The van der Waals surface area contributed by atoms with E-state index in [0.717, 1.165) is 6.29 Å². The fourth-order valence-electron chi connectivity index (χ4n) is 2.59. The minimum atomic E-state index is -0.898. The lowest BCUT2D eigenvalue weighted by molar-refractivity contribution is -0.139. The van der Waals surface area contributed by atoms with E-state index in [1.54, 1.807) is 54.6 Å². The van der Waals surface area contributed by atoms with Crippen molar-refractivity contribution in [3.8, 4) is 5.75 Å². The average Bonchev–Trinajstić information content (AvgIpc) is 2.88. The fourth-order valence-corrected chi connectivity index (χ4v) is 2.59. The van der Waals surface area contributed by atoms with Gasteiger partial charge in [0.1, 0.15) is 25.2 Å². The lowest BCUT2D eigenvalue weighted by Crippen LogP contribution is -2.20. The molecule has 0 unspecified atom stereocenters. The minimum absolute atomic E-state index is 0.00198. The van der Waals surface area contributed by atoms with Crippen molar-refractivity contribution in [2.75, 3.05) is 66.1 Å². The van der Waals surface area contributed by atoms with Gasteiger partial charge in [0.15, 0.2) is 0 Å². The van der Waals surface area contributed by atoms with Gasteiger partial charge in [-0.15, -0.1) is 0 Å². The Kier molecular flexibility index (Phi) is 13.9. The van der Waals surface area contributed by atoms with Gasteiger partial charge >= 0.3 is 5.97 Å². The van der Waals surface area contributed by atoms with Crippen molar-refractivity contribution >= 4 is 18.0 Å². The Morgan fingerprint density at radius 2 is 1.12 bits per heavy atom. The molecule has 0 bridgehead atoms. The van der Waals surface area contributed by atoms with Crippen LogP contribution in [0.3, 0.4) is 0 Å². The predicted octanol–water partition coefficient (Wildman–Crippen LogP) is 2.37. The summed E-state index contributed by atoms with van der Waals surface area (Å²) in [6.45, 7) is 3.48. The second kappa shape index (κ2) is 17.4. The number of carbonyl (C=O) groups is 3. The number of aldehydes is 1. The lowest BCUT2D eigenvalue weighted by Gasteiger charge is -2.09. The maximum atomic E-state index is 11.8. The van der Waals surface area contributed by atoms with Crippen molar-refractivity contribution < 1.29 is 42.8 Å². The Hall–Kier alpha value is -3.11. The zero-order chi connectivity index (χ0) is 24.3. The highest BCUT2D eigenvalue weighted by molar-refractivity contribution is 6.40. The van der Waals surface area contributed by atoms with E-state index in [1.165, 1.54) is 0 Å². The van der Waals surface area contributed by atoms with Crippen molar-refractivity contribution in [1.82, 2.24) is 0 Å². The van der Waals surface area contributed by atoms with Gasteiger partial charge < -0.3 is 28.4 Å². The summed E-state index contributed by atoms with van der Waals surface area (Å²) in [7, 11) is 0. The molecule has 184 valence electrons. The van der Waals surface area contributed by atoms with Crippen LogP contribution in [0.15, 0.2) is 54.6 Å². The molecule has 9 heteroatoms. The molecule has 0 atom stereocenters. The van der Waals surface area contributed by atoms with E-state index in [4.69, 9.17) is 28.4 Å². The zero-order valence-corrected chi connectivity index (χ0v) is 19.0. The van der Waals surface area contributed by atoms with Gasteiger partial charge in [-0.05, 0) is 24.3 Å². The van der Waals surface area contributed by atoms with Crippen LogP contribution in [0.25, 0.3) is 0 Å². The third-order valence-electron chi connectivity index (χ3n) is 4.31. The smallest absolute Gasteiger partial charge is 0.379 e. The first-order valence-corrected chi connectivity index (χ1v) is 11.0. The number of ether oxygens (including phenoxy) is 6. The Bertz CT molecular complexity index is 837. The SMILES string of the molecule is O=Cc1ccc(OCCOCCOCCOCCOCCOC(=O)C(=O)c2ccccc2)cc1. The van der Waals surface area contributed by atoms with Gasteiger partial charge in [-0.2, -0.15) is 0 Å². The van der Waals surface area contributed by atoms with Gasteiger partial charge in [0, 0.05) is 11.1 Å². The topological polar surface area (TPSA) is 107 Å². The van der Waals surface area contributed by atoms with Gasteiger partial charge in [0.25, 0.3) is 5.78 Å². The summed E-state index contributed by atoms with van der Waals surface area (Å²) in [6.07, 6.45) is 0.784. The monoisotopic (exact) mass is 474 g/mol. The van der Waals surface area contributed by atoms with Gasteiger partial charge in [-0.1, -0.05) is 30.3 Å². The molecule has 2 aromatic carbocycles. The predicted molar refractivity (Wildman–Crippen MR) is 122 cm³/mol. The number of hydrogen-bond donors (Lipinski definition) is 0. The molecule has 2 rings (SSSR count). The molecule has 0 spiro atoms. The molecule has 34 heavy (non-hydrogen) atoms. The molecule has 9 nitrogen and oxygen atoms in total. The summed E-state index contributed by atoms with van der Waals surface area (Å²) in [5, 5.41) is 0. The Labute approximate surface area is 198 Å². The highest BCUT2D eigenvalue weighted by Gasteiger charge is 2.16. The van der Waals surface area contributed by atoms with E-state index in [-0.39, 0.29) is 13.2 Å². The number of rotatable bonds is 19. The number of esters is 1. The van der Waals surface area contributed by atoms with Crippen LogP contribution in [0.5, 0.6) is 5.75 Å². The highest BCUT2D eigenvalue weighted by Crippen LogP contribution is 2.10. The largest absolute Gasteiger partial charge is 0.491 e. The van der Waals surface area contributed by atoms with Crippen LogP contribution >= 0.6 is 0 Å². The maximum Gasteiger partial charge on any atom is 0.379 e. The molecular weight excluding hydrogens is 444 g/mol. The van der Waals surface area contributed by atoms with E-state index in [2.05, 4.69) is 0 Å². The van der Waals surface area contributed by atoms with Crippen molar-refractivity contribution in [2.45, 2.75) is 0 Å². The molecule has 0 aliphatic heterocycles. The van der Waals surface area contributed by atoms with Gasteiger partial charge in [-0.25, -0.2) is 4.79 Å². The van der Waals surface area contributed by atoms with Crippen molar-refractivity contribution in [3.05, 3.63) is 65.7 Å². The Morgan fingerprint density at radius 3 is 1.65 bits per heavy atom. The normalized spacial score (nSPS) is 10.6. The van der Waals surface area contributed by atoms with Gasteiger partial charge in [-0.3, -0.25) is 9.59 Å². The number of Topliss-reactive ketones (excluding diaryl/α,β-unsaturated/α-hetero) is 1. The molecule has 0 amide bonds. The van der Waals surface area contributed by atoms with E-state index in [1.807, 2.05) is 0 Å². The summed E-state index contributed by atoms with van der Waals surface area (Å²) >= 11 is 0. The van der Waals surface area contributed by atoms with Crippen LogP contribution in [-0.2, 0) is 28.5 Å². The van der Waals surface area contributed by atoms with Crippen LogP contribution in [0, 0.1) is 0 Å². The maximum absolute atomic E-state index is 11.8. The first kappa shape index (κ1) is 27.1. The first-order chi connectivity index (χ1) is 16.7. The van der Waals surface area contributed by atoms with Gasteiger partial charge in [0.05, 0.1) is 52.9 Å². The fraction of sp³-hybridized carbons (Fsp3) is 0.400. The van der Waals surface area contributed by atoms with E-state index < -0.39 is 11.8 Å². The second-order valence-electron chi connectivity index (χ2n) is 6.82. The van der Waals surface area contributed by atoms with Crippen LogP contribution in [-0.4, -0.2) is 84.1 Å². The molecule has 0 aliphatic rings. The standard InChI is InChI=1S/C25H30O9/c26-20-21-6-8-23(9-7-21)33-18-16-31-14-12-29-10-11-30-13-15-32-17-19-34-25(28)24(27)22-4-2-1-3-5-22/h1-9,20H,10-19H2. The van der Waals surface area contributed by atoms with E-state index in [0.29, 0.717) is 69.7 Å². The van der Waals surface area contributed by atoms with Crippen LogP contribution in [0.1, 0.15) is 20.7 Å². The molecule has 2 aromatic rings. The lowest BCUT2D eigenvalue weighted by atomic mass is 10.1. The molecule has 0 fully saturated rings. The van der Waals surface area contributed by atoms with E-state index >= 15 is 0 Å². The number of carbonyl (C=O) groups excluding carboxylic acids is 3.